The van der Waals surface area contributed by atoms with Gasteiger partial charge >= 0.3 is 0 Å². The molecular weight excluding hydrogens is 442 g/mol. The van der Waals surface area contributed by atoms with E-state index in [9.17, 15) is 17.2 Å². The Morgan fingerprint density at radius 3 is 2.00 bits per heavy atom. The fourth-order valence-corrected chi connectivity index (χ4v) is 6.26. The van der Waals surface area contributed by atoms with Crippen LogP contribution in [0.4, 0.5) is 8.78 Å². The molecule has 0 radical (unpaired) electrons. The first-order valence-corrected chi connectivity index (χ1v) is 13.3. The van der Waals surface area contributed by atoms with Crippen LogP contribution in [0.25, 0.3) is 4.91 Å². The van der Waals surface area contributed by atoms with Gasteiger partial charge in [-0.25, -0.2) is 17.2 Å². The largest absolute Gasteiger partial charge is 0.299 e. The van der Waals surface area contributed by atoms with Crippen LogP contribution in [0.1, 0.15) is 43.4 Å². The molecule has 178 valence electrons. The molecule has 2 aromatic carbocycles. The van der Waals surface area contributed by atoms with Gasteiger partial charge in [-0.3, -0.25) is 9.80 Å². The second-order valence-electron chi connectivity index (χ2n) is 10.3. The molecule has 2 saturated heterocycles. The number of likely N-dealkylation sites (tertiary alicyclic amines) is 2. The predicted octanol–water partition coefficient (Wildman–Crippen LogP) is 4.86. The van der Waals surface area contributed by atoms with Crippen LogP contribution in [0.2, 0.25) is 0 Å². The molecule has 33 heavy (non-hydrogen) atoms. The van der Waals surface area contributed by atoms with E-state index < -0.39 is 21.5 Å². The maximum absolute atomic E-state index is 13.7. The van der Waals surface area contributed by atoms with Crippen molar-refractivity contribution in [3.05, 3.63) is 76.4 Å². The van der Waals surface area contributed by atoms with E-state index >= 15 is 0 Å². The van der Waals surface area contributed by atoms with E-state index in [2.05, 4.69) is 47.9 Å². The quantitative estimate of drug-likeness (QED) is 0.600. The van der Waals surface area contributed by atoms with E-state index in [0.29, 0.717) is 30.6 Å². The predicted molar refractivity (Wildman–Crippen MR) is 128 cm³/mol. The van der Waals surface area contributed by atoms with Crippen LogP contribution >= 0.6 is 0 Å². The molecule has 0 N–H and O–H groups in total. The Balaban J connectivity index is 1.40. The first kappa shape index (κ1) is 24.0. The zero-order valence-electron chi connectivity index (χ0n) is 19.6. The van der Waals surface area contributed by atoms with Crippen molar-refractivity contribution >= 4 is 14.7 Å². The minimum Gasteiger partial charge on any atom is -0.299 e. The van der Waals surface area contributed by atoms with Gasteiger partial charge in [-0.2, -0.15) is 0 Å². The summed E-state index contributed by atoms with van der Waals surface area (Å²) in [7, 11) is -3.62. The third-order valence-electron chi connectivity index (χ3n) is 6.46. The van der Waals surface area contributed by atoms with Gasteiger partial charge in [-0.15, -0.1) is 0 Å². The van der Waals surface area contributed by atoms with Crippen LogP contribution in [0.15, 0.2) is 48.0 Å². The highest BCUT2D eigenvalue weighted by Gasteiger charge is 2.29. The molecule has 2 fully saturated rings. The van der Waals surface area contributed by atoms with Crippen LogP contribution < -0.4 is 0 Å². The molecule has 7 heteroatoms. The minimum atomic E-state index is -3.62. The number of nitrogens with zero attached hydrogens (tertiary/aromatic N) is 2. The smallest absolute Gasteiger partial charge is 0.176 e. The number of hydrogen-bond donors (Lipinski definition) is 0. The number of sulfone groups is 1. The average molecular weight is 475 g/mol. The SMILES string of the molecule is CC1(C)CCCN(Cc2ccc(CN3CC(=C(c4cc(F)cc(F)c4)S(C)(=O)=O)C3)cc2)C1. The summed E-state index contributed by atoms with van der Waals surface area (Å²) in [4.78, 5) is 4.68. The van der Waals surface area contributed by atoms with Gasteiger partial charge in [0.1, 0.15) is 11.6 Å². The lowest BCUT2D eigenvalue weighted by Crippen LogP contribution is -2.40. The van der Waals surface area contributed by atoms with Gasteiger partial charge < -0.3 is 0 Å². The van der Waals surface area contributed by atoms with Crippen molar-refractivity contribution in [1.29, 1.82) is 0 Å². The molecule has 0 bridgehead atoms. The van der Waals surface area contributed by atoms with Crippen molar-refractivity contribution in [2.45, 2.75) is 39.8 Å². The van der Waals surface area contributed by atoms with Gasteiger partial charge in [0, 0.05) is 45.0 Å². The molecule has 2 aliphatic heterocycles. The third-order valence-corrected chi connectivity index (χ3v) is 7.73. The molecular formula is C26H32F2N2O2S. The van der Waals surface area contributed by atoms with Crippen LogP contribution in [-0.2, 0) is 22.9 Å². The van der Waals surface area contributed by atoms with E-state index in [4.69, 9.17) is 0 Å². The summed E-state index contributed by atoms with van der Waals surface area (Å²) in [5.74, 6) is -1.56. The summed E-state index contributed by atoms with van der Waals surface area (Å²) >= 11 is 0. The molecule has 0 aliphatic carbocycles. The zero-order chi connectivity index (χ0) is 23.8. The molecule has 0 saturated carbocycles. The van der Waals surface area contributed by atoms with Crippen LogP contribution in [0, 0.1) is 17.0 Å². The minimum absolute atomic E-state index is 0.0388. The van der Waals surface area contributed by atoms with E-state index in [0.717, 1.165) is 49.7 Å². The van der Waals surface area contributed by atoms with E-state index in [1.54, 1.807) is 0 Å². The molecule has 0 amide bonds. The first-order valence-electron chi connectivity index (χ1n) is 11.4. The third kappa shape index (κ3) is 6.08. The number of rotatable bonds is 6. The Morgan fingerprint density at radius 1 is 0.939 bits per heavy atom. The van der Waals surface area contributed by atoms with Crippen molar-refractivity contribution in [3.8, 4) is 0 Å². The zero-order valence-corrected chi connectivity index (χ0v) is 20.4. The van der Waals surface area contributed by atoms with Crippen molar-refractivity contribution in [2.24, 2.45) is 5.41 Å². The Hall–Kier alpha value is -2.09. The summed E-state index contributed by atoms with van der Waals surface area (Å²) in [6.45, 7) is 9.52. The van der Waals surface area contributed by atoms with E-state index in [1.807, 2.05) is 0 Å². The Bertz CT molecular complexity index is 1130. The van der Waals surface area contributed by atoms with E-state index in [1.165, 1.54) is 18.4 Å². The topological polar surface area (TPSA) is 40.6 Å². The summed E-state index contributed by atoms with van der Waals surface area (Å²) in [5, 5.41) is 0. The van der Waals surface area contributed by atoms with Crippen LogP contribution in [-0.4, -0.2) is 50.7 Å². The number of halogens is 2. The molecule has 4 rings (SSSR count). The summed E-state index contributed by atoms with van der Waals surface area (Å²) in [6.07, 6.45) is 3.61. The number of benzene rings is 2. The lowest BCUT2D eigenvalue weighted by atomic mass is 9.84. The first-order chi connectivity index (χ1) is 15.5. The van der Waals surface area contributed by atoms with Crippen molar-refractivity contribution < 1.29 is 17.2 Å². The van der Waals surface area contributed by atoms with E-state index in [-0.39, 0.29) is 10.5 Å². The summed E-state index contributed by atoms with van der Waals surface area (Å²) in [5.41, 5.74) is 3.60. The molecule has 2 heterocycles. The molecule has 0 atom stereocenters. The van der Waals surface area contributed by atoms with Gasteiger partial charge in [0.25, 0.3) is 0 Å². The van der Waals surface area contributed by atoms with Crippen LogP contribution in [0.3, 0.4) is 0 Å². The Kier molecular flexibility index (Phi) is 6.76. The fraction of sp³-hybridized carbons (Fsp3) is 0.462. The highest BCUT2D eigenvalue weighted by molar-refractivity contribution is 8.00. The molecule has 0 unspecified atom stereocenters. The van der Waals surface area contributed by atoms with Crippen molar-refractivity contribution in [3.63, 3.8) is 0 Å². The number of hydrogen-bond acceptors (Lipinski definition) is 4. The summed E-state index contributed by atoms with van der Waals surface area (Å²) in [6, 6.07) is 11.5. The van der Waals surface area contributed by atoms with Crippen molar-refractivity contribution in [2.75, 3.05) is 32.4 Å². The van der Waals surface area contributed by atoms with Gasteiger partial charge in [0.15, 0.2) is 9.84 Å². The standard InChI is InChI=1S/C26H32F2N2O2S/c1-26(2)9-4-10-29(18-26)14-19-5-7-20(8-6-19)15-30-16-22(17-30)25(33(3,31)32)21-11-23(27)13-24(28)12-21/h5-8,11-13H,4,9-10,14-18H2,1-3H3. The Labute approximate surface area is 195 Å². The van der Waals surface area contributed by atoms with Crippen molar-refractivity contribution in [1.82, 2.24) is 9.80 Å². The second-order valence-corrected chi connectivity index (χ2v) is 12.3. The maximum atomic E-state index is 13.7. The van der Waals surface area contributed by atoms with Gasteiger partial charge in [0.2, 0.25) is 0 Å². The second kappa shape index (κ2) is 9.28. The molecule has 2 aliphatic rings. The molecule has 4 nitrogen and oxygen atoms in total. The molecule has 0 spiro atoms. The van der Waals surface area contributed by atoms with Gasteiger partial charge in [-0.05, 0) is 59.2 Å². The molecule has 0 aromatic heterocycles. The number of piperidine rings is 1. The Morgan fingerprint density at radius 2 is 1.48 bits per heavy atom. The summed E-state index contributed by atoms with van der Waals surface area (Å²) < 4.78 is 52.1. The lowest BCUT2D eigenvalue weighted by Gasteiger charge is -2.38. The highest BCUT2D eigenvalue weighted by atomic mass is 32.2. The highest BCUT2D eigenvalue weighted by Crippen LogP contribution is 2.32. The monoisotopic (exact) mass is 474 g/mol. The van der Waals surface area contributed by atoms with Gasteiger partial charge in [0.05, 0.1) is 4.91 Å². The molecule has 2 aromatic rings. The van der Waals surface area contributed by atoms with Crippen LogP contribution in [0.5, 0.6) is 0 Å². The van der Waals surface area contributed by atoms with Gasteiger partial charge in [-0.1, -0.05) is 38.1 Å². The fourth-order valence-electron chi connectivity index (χ4n) is 5.06. The normalized spacial score (nSPS) is 19.4. The maximum Gasteiger partial charge on any atom is 0.176 e. The lowest BCUT2D eigenvalue weighted by molar-refractivity contribution is 0.111. The average Bonchev–Trinajstić information content (AvgIpc) is 2.65.